The molecule has 0 bridgehead atoms. The summed E-state index contributed by atoms with van der Waals surface area (Å²) in [7, 11) is -3.34. The fourth-order valence-electron chi connectivity index (χ4n) is 1.49. The molecule has 0 aromatic rings. The Morgan fingerprint density at radius 2 is 1.93 bits per heavy atom. The molecule has 90 valence electrons. The monoisotopic (exact) mass is 237 g/mol. The summed E-state index contributed by atoms with van der Waals surface area (Å²) in [6.45, 7) is 4.08. The Balaban J connectivity index is 2.65. The molecule has 1 aliphatic rings. The first-order chi connectivity index (χ1) is 6.87. The van der Waals surface area contributed by atoms with Gasteiger partial charge in [0.25, 0.3) is 0 Å². The van der Waals surface area contributed by atoms with Crippen molar-refractivity contribution in [1.29, 1.82) is 0 Å². The summed E-state index contributed by atoms with van der Waals surface area (Å²) >= 11 is 0. The van der Waals surface area contributed by atoms with E-state index in [1.54, 1.807) is 13.8 Å². The SMILES string of the molecule is CC(C)(CO)NS(=O)(=O)C1CCOCC1. The number of sulfonamides is 1. The highest BCUT2D eigenvalue weighted by Gasteiger charge is 2.32. The molecule has 5 nitrogen and oxygen atoms in total. The Bertz CT molecular complexity index is 293. The number of nitrogens with one attached hydrogen (secondary N) is 1. The second-order valence-corrected chi connectivity index (χ2v) is 6.46. The molecule has 0 saturated carbocycles. The third-order valence-corrected chi connectivity index (χ3v) is 4.61. The summed E-state index contributed by atoms with van der Waals surface area (Å²) in [6, 6.07) is 0. The smallest absolute Gasteiger partial charge is 0.215 e. The number of hydrogen-bond acceptors (Lipinski definition) is 4. The molecule has 1 aliphatic heterocycles. The zero-order chi connectivity index (χ0) is 11.5. The Labute approximate surface area is 90.9 Å². The lowest BCUT2D eigenvalue weighted by Crippen LogP contribution is -2.50. The van der Waals surface area contributed by atoms with E-state index in [1.165, 1.54) is 0 Å². The summed E-state index contributed by atoms with van der Waals surface area (Å²) in [5.41, 5.74) is -0.795. The van der Waals surface area contributed by atoms with Crippen LogP contribution >= 0.6 is 0 Å². The van der Waals surface area contributed by atoms with Gasteiger partial charge in [-0.1, -0.05) is 0 Å². The van der Waals surface area contributed by atoms with E-state index in [9.17, 15) is 8.42 Å². The number of aliphatic hydroxyl groups excluding tert-OH is 1. The largest absolute Gasteiger partial charge is 0.394 e. The van der Waals surface area contributed by atoms with Crippen LogP contribution in [0.1, 0.15) is 26.7 Å². The molecule has 6 heteroatoms. The second-order valence-electron chi connectivity index (χ2n) is 4.50. The molecule has 1 saturated heterocycles. The molecule has 1 fully saturated rings. The highest BCUT2D eigenvalue weighted by molar-refractivity contribution is 7.90. The van der Waals surface area contributed by atoms with E-state index in [0.29, 0.717) is 26.1 Å². The van der Waals surface area contributed by atoms with Crippen LogP contribution in [0.4, 0.5) is 0 Å². The summed E-state index contributed by atoms with van der Waals surface area (Å²) in [4.78, 5) is 0. The highest BCUT2D eigenvalue weighted by atomic mass is 32.2. The van der Waals surface area contributed by atoms with Crippen LogP contribution in [0.3, 0.4) is 0 Å². The molecule has 1 heterocycles. The number of hydrogen-bond donors (Lipinski definition) is 2. The Morgan fingerprint density at radius 3 is 2.40 bits per heavy atom. The van der Waals surface area contributed by atoms with Crippen molar-refractivity contribution in [3.63, 3.8) is 0 Å². The van der Waals surface area contributed by atoms with Crippen LogP contribution in [0.5, 0.6) is 0 Å². The molecule has 0 unspecified atom stereocenters. The highest BCUT2D eigenvalue weighted by Crippen LogP contribution is 2.17. The van der Waals surface area contributed by atoms with Crippen LogP contribution < -0.4 is 4.72 Å². The van der Waals surface area contributed by atoms with E-state index in [4.69, 9.17) is 9.84 Å². The van der Waals surface area contributed by atoms with Crippen molar-refractivity contribution >= 4 is 10.0 Å². The van der Waals surface area contributed by atoms with Crippen molar-refractivity contribution in [1.82, 2.24) is 4.72 Å². The number of ether oxygens (including phenoxy) is 1. The van der Waals surface area contributed by atoms with Gasteiger partial charge in [-0.3, -0.25) is 0 Å². The quantitative estimate of drug-likeness (QED) is 0.713. The lowest BCUT2D eigenvalue weighted by Gasteiger charge is -2.28. The van der Waals surface area contributed by atoms with Gasteiger partial charge in [-0.25, -0.2) is 13.1 Å². The van der Waals surface area contributed by atoms with E-state index in [-0.39, 0.29) is 6.61 Å². The van der Waals surface area contributed by atoms with Crippen LogP contribution in [-0.4, -0.2) is 44.1 Å². The van der Waals surface area contributed by atoms with Crippen molar-refractivity contribution in [2.45, 2.75) is 37.5 Å². The van der Waals surface area contributed by atoms with Crippen molar-refractivity contribution in [2.24, 2.45) is 0 Å². The molecule has 0 spiro atoms. The molecule has 0 radical (unpaired) electrons. The normalized spacial score (nSPS) is 20.5. The third-order valence-electron chi connectivity index (χ3n) is 2.42. The van der Waals surface area contributed by atoms with Crippen LogP contribution in [0.15, 0.2) is 0 Å². The van der Waals surface area contributed by atoms with Crippen LogP contribution in [0, 0.1) is 0 Å². The Kier molecular flexibility index (Phi) is 4.11. The van der Waals surface area contributed by atoms with Gasteiger partial charge in [0, 0.05) is 13.2 Å². The lowest BCUT2D eigenvalue weighted by molar-refractivity contribution is 0.0977. The predicted molar refractivity (Wildman–Crippen MR) is 57.1 cm³/mol. The van der Waals surface area contributed by atoms with Gasteiger partial charge in [-0.2, -0.15) is 0 Å². The van der Waals surface area contributed by atoms with E-state index in [0.717, 1.165) is 0 Å². The van der Waals surface area contributed by atoms with Crippen LogP contribution in [-0.2, 0) is 14.8 Å². The standard InChI is InChI=1S/C9H19NO4S/c1-9(2,7-11)10-15(12,13)8-3-5-14-6-4-8/h8,10-11H,3-7H2,1-2H3. The van der Waals surface area contributed by atoms with Crippen molar-refractivity contribution in [3.05, 3.63) is 0 Å². The molecule has 1 rings (SSSR count). The molecule has 0 aromatic heterocycles. The number of rotatable bonds is 4. The molecule has 2 N–H and O–H groups in total. The van der Waals surface area contributed by atoms with Gasteiger partial charge in [-0.05, 0) is 26.7 Å². The first-order valence-corrected chi connectivity index (χ1v) is 6.63. The van der Waals surface area contributed by atoms with Gasteiger partial charge in [0.2, 0.25) is 10.0 Å². The molecular weight excluding hydrogens is 218 g/mol. The molecule has 0 aromatic carbocycles. The molecular formula is C9H19NO4S. The van der Waals surface area contributed by atoms with Crippen LogP contribution in [0.25, 0.3) is 0 Å². The van der Waals surface area contributed by atoms with E-state index < -0.39 is 20.8 Å². The summed E-state index contributed by atoms with van der Waals surface area (Å²) < 4.78 is 31.4. The van der Waals surface area contributed by atoms with Gasteiger partial charge in [0.15, 0.2) is 0 Å². The van der Waals surface area contributed by atoms with Crippen molar-refractivity contribution in [3.8, 4) is 0 Å². The molecule has 0 amide bonds. The second kappa shape index (κ2) is 4.78. The minimum Gasteiger partial charge on any atom is -0.394 e. The van der Waals surface area contributed by atoms with E-state index in [1.807, 2.05) is 0 Å². The minimum atomic E-state index is -3.34. The van der Waals surface area contributed by atoms with E-state index >= 15 is 0 Å². The fraction of sp³-hybridized carbons (Fsp3) is 1.00. The topological polar surface area (TPSA) is 75.6 Å². The molecule has 15 heavy (non-hydrogen) atoms. The van der Waals surface area contributed by atoms with Gasteiger partial charge in [0.05, 0.1) is 17.4 Å². The Hall–Kier alpha value is -0.170. The zero-order valence-corrected chi connectivity index (χ0v) is 10.0. The maximum absolute atomic E-state index is 11.9. The summed E-state index contributed by atoms with van der Waals surface area (Å²) in [5.74, 6) is 0. The average Bonchev–Trinajstić information content (AvgIpc) is 2.18. The molecule has 0 atom stereocenters. The predicted octanol–water partition coefficient (Wildman–Crippen LogP) is -0.144. The maximum atomic E-state index is 11.9. The summed E-state index contributed by atoms with van der Waals surface area (Å²) in [5, 5.41) is 8.61. The first kappa shape index (κ1) is 12.9. The van der Waals surface area contributed by atoms with Crippen LogP contribution in [0.2, 0.25) is 0 Å². The Morgan fingerprint density at radius 1 is 1.40 bits per heavy atom. The van der Waals surface area contributed by atoms with E-state index in [2.05, 4.69) is 4.72 Å². The zero-order valence-electron chi connectivity index (χ0n) is 9.19. The minimum absolute atomic E-state index is 0.213. The first-order valence-electron chi connectivity index (χ1n) is 5.09. The van der Waals surface area contributed by atoms with Crippen molar-refractivity contribution < 1.29 is 18.3 Å². The van der Waals surface area contributed by atoms with Crippen molar-refractivity contribution in [2.75, 3.05) is 19.8 Å². The molecule has 0 aliphatic carbocycles. The summed E-state index contributed by atoms with van der Waals surface area (Å²) in [6.07, 6.45) is 1.05. The van der Waals surface area contributed by atoms with Gasteiger partial charge in [-0.15, -0.1) is 0 Å². The average molecular weight is 237 g/mol. The van der Waals surface area contributed by atoms with Gasteiger partial charge < -0.3 is 9.84 Å². The lowest BCUT2D eigenvalue weighted by atomic mass is 10.1. The van der Waals surface area contributed by atoms with Gasteiger partial charge >= 0.3 is 0 Å². The fourth-order valence-corrected chi connectivity index (χ4v) is 3.30. The number of aliphatic hydroxyl groups is 1. The third kappa shape index (κ3) is 3.71. The van der Waals surface area contributed by atoms with Gasteiger partial charge in [0.1, 0.15) is 0 Å². The maximum Gasteiger partial charge on any atom is 0.215 e.